The number of hydrogen-bond acceptors (Lipinski definition) is 3. The van der Waals surface area contributed by atoms with E-state index in [1.807, 2.05) is 0 Å². The average molecular weight is 450 g/mol. The molecule has 1 aromatic carbocycles. The third-order valence-corrected chi connectivity index (χ3v) is 15.7. The van der Waals surface area contributed by atoms with Crippen LogP contribution in [0.3, 0.4) is 0 Å². The first-order chi connectivity index (χ1) is 14.2. The zero-order valence-corrected chi connectivity index (χ0v) is 22.3. The maximum absolute atomic E-state index is 11.8. The lowest BCUT2D eigenvalue weighted by molar-refractivity contribution is -0.117. The quantitative estimate of drug-likeness (QED) is 0.254. The maximum Gasteiger partial charge on any atom is 0.250 e. The highest BCUT2D eigenvalue weighted by Gasteiger charge is 2.35. The van der Waals surface area contributed by atoms with Crippen LogP contribution in [0.25, 0.3) is 0 Å². The molecule has 170 valence electrons. The Morgan fingerprint density at radius 3 is 1.77 bits per heavy atom. The van der Waals surface area contributed by atoms with Crippen LogP contribution in [0.4, 0.5) is 0 Å². The summed E-state index contributed by atoms with van der Waals surface area (Å²) in [7, 11) is -3.63. The highest BCUT2D eigenvalue weighted by Crippen LogP contribution is 2.37. The number of carbonyl (C=O) groups is 1. The first kappa shape index (κ1) is 26.5. The summed E-state index contributed by atoms with van der Waals surface area (Å²) >= 11 is 0. The second-order valence-corrected chi connectivity index (χ2v) is 17.6. The van der Waals surface area contributed by atoms with Gasteiger partial charge in [0.15, 0.2) is 0 Å². The van der Waals surface area contributed by atoms with E-state index in [0.717, 1.165) is 59.7 Å². The molecule has 0 fully saturated rings. The van der Waals surface area contributed by atoms with Crippen molar-refractivity contribution in [2.45, 2.75) is 91.2 Å². The molecule has 0 aliphatic heterocycles. The maximum atomic E-state index is 11.8. The SMILES string of the molecule is C=C(C)C(=O)NCCc1ccc(O[Si](CC)(CC)CC)c(O[Si](CC)(CC)CC)c1. The lowest BCUT2D eigenvalue weighted by atomic mass is 10.1. The Morgan fingerprint density at radius 2 is 1.33 bits per heavy atom. The smallest absolute Gasteiger partial charge is 0.250 e. The predicted octanol–water partition coefficient (Wildman–Crippen LogP) is 6.69. The summed E-state index contributed by atoms with van der Waals surface area (Å²) in [6, 6.07) is 12.9. The van der Waals surface area contributed by atoms with Gasteiger partial charge in [-0.05, 0) is 67.3 Å². The Balaban J connectivity index is 3.20. The molecule has 1 rings (SSSR count). The molecule has 1 aromatic rings. The molecular weight excluding hydrogens is 406 g/mol. The number of rotatable bonds is 14. The van der Waals surface area contributed by atoms with Crippen molar-refractivity contribution in [3.8, 4) is 11.5 Å². The summed E-state index contributed by atoms with van der Waals surface area (Å²) < 4.78 is 13.5. The monoisotopic (exact) mass is 449 g/mol. The number of benzene rings is 1. The molecule has 30 heavy (non-hydrogen) atoms. The van der Waals surface area contributed by atoms with Gasteiger partial charge < -0.3 is 14.2 Å². The predicted molar refractivity (Wildman–Crippen MR) is 134 cm³/mol. The summed E-state index contributed by atoms with van der Waals surface area (Å²) in [6.07, 6.45) is 0.756. The Bertz CT molecular complexity index is 681. The lowest BCUT2D eigenvalue weighted by Gasteiger charge is -2.34. The zero-order chi connectivity index (χ0) is 22.8. The molecule has 1 N–H and O–H groups in total. The van der Waals surface area contributed by atoms with Gasteiger partial charge in [0.1, 0.15) is 11.5 Å². The van der Waals surface area contributed by atoms with E-state index in [1.54, 1.807) is 6.92 Å². The summed E-state index contributed by atoms with van der Waals surface area (Å²) in [5.74, 6) is 1.72. The van der Waals surface area contributed by atoms with E-state index in [-0.39, 0.29) is 5.91 Å². The molecule has 6 heteroatoms. The van der Waals surface area contributed by atoms with Gasteiger partial charge in [-0.3, -0.25) is 4.79 Å². The molecule has 0 bridgehead atoms. The van der Waals surface area contributed by atoms with E-state index < -0.39 is 16.6 Å². The molecule has 0 radical (unpaired) electrons. The van der Waals surface area contributed by atoms with Crippen molar-refractivity contribution in [2.24, 2.45) is 0 Å². The molecule has 0 unspecified atom stereocenters. The van der Waals surface area contributed by atoms with Gasteiger partial charge >= 0.3 is 0 Å². The minimum absolute atomic E-state index is 0.0922. The molecule has 0 atom stereocenters. The first-order valence-corrected chi connectivity index (χ1v) is 16.7. The van der Waals surface area contributed by atoms with Crippen molar-refractivity contribution >= 4 is 22.5 Å². The van der Waals surface area contributed by atoms with Crippen LogP contribution in [0.15, 0.2) is 30.4 Å². The summed E-state index contributed by atoms with van der Waals surface area (Å²) in [4.78, 5) is 11.8. The zero-order valence-electron chi connectivity index (χ0n) is 20.3. The van der Waals surface area contributed by atoms with E-state index in [9.17, 15) is 4.79 Å². The molecule has 0 spiro atoms. The second kappa shape index (κ2) is 12.3. The Kier molecular flexibility index (Phi) is 10.9. The summed E-state index contributed by atoms with van der Waals surface area (Å²) in [6.45, 7) is 19.5. The van der Waals surface area contributed by atoms with Crippen LogP contribution < -0.4 is 14.2 Å². The summed E-state index contributed by atoms with van der Waals surface area (Å²) in [5, 5.41) is 2.92. The molecule has 4 nitrogen and oxygen atoms in total. The molecule has 0 saturated carbocycles. The Hall–Kier alpha value is -1.54. The number of nitrogens with one attached hydrogen (secondary N) is 1. The van der Waals surface area contributed by atoms with Crippen LogP contribution in [0.5, 0.6) is 11.5 Å². The first-order valence-electron chi connectivity index (χ1n) is 11.7. The molecule has 0 aromatic heterocycles. The van der Waals surface area contributed by atoms with Crippen LogP contribution in [0.2, 0.25) is 36.3 Å². The van der Waals surface area contributed by atoms with Gasteiger partial charge in [-0.25, -0.2) is 0 Å². The summed E-state index contributed by atoms with van der Waals surface area (Å²) in [5.41, 5.74) is 1.69. The highest BCUT2D eigenvalue weighted by atomic mass is 28.4. The number of amides is 1. The largest absolute Gasteiger partial charge is 0.541 e. The van der Waals surface area contributed by atoms with E-state index >= 15 is 0 Å². The van der Waals surface area contributed by atoms with E-state index in [1.165, 1.54) is 0 Å². The van der Waals surface area contributed by atoms with Crippen LogP contribution in [0, 0.1) is 0 Å². The van der Waals surface area contributed by atoms with Crippen LogP contribution >= 0.6 is 0 Å². The number of hydrogen-bond donors (Lipinski definition) is 1. The molecule has 1 amide bonds. The van der Waals surface area contributed by atoms with Crippen molar-refractivity contribution < 1.29 is 13.6 Å². The van der Waals surface area contributed by atoms with Gasteiger partial charge in [0.05, 0.1) is 0 Å². The van der Waals surface area contributed by atoms with Crippen molar-refractivity contribution in [1.29, 1.82) is 0 Å². The van der Waals surface area contributed by atoms with Crippen LogP contribution in [0.1, 0.15) is 54.0 Å². The third-order valence-electron chi connectivity index (χ3n) is 6.61. The minimum atomic E-state index is -1.83. The van der Waals surface area contributed by atoms with Crippen molar-refractivity contribution in [2.75, 3.05) is 6.54 Å². The third kappa shape index (κ3) is 7.01. The molecular formula is C24H43NO3Si2. The van der Waals surface area contributed by atoms with Gasteiger partial charge in [-0.2, -0.15) is 0 Å². The fourth-order valence-corrected chi connectivity index (χ4v) is 8.87. The fraction of sp³-hybridized carbons (Fsp3) is 0.625. The second-order valence-electron chi connectivity index (χ2n) is 8.26. The Labute approximate surface area is 186 Å². The van der Waals surface area contributed by atoms with Gasteiger partial charge in [0.2, 0.25) is 5.91 Å². The molecule has 0 saturated heterocycles. The molecule has 0 aliphatic rings. The van der Waals surface area contributed by atoms with Gasteiger partial charge in [0, 0.05) is 12.1 Å². The average Bonchev–Trinajstić information content (AvgIpc) is 2.77. The van der Waals surface area contributed by atoms with Gasteiger partial charge in [0.25, 0.3) is 16.6 Å². The van der Waals surface area contributed by atoms with Crippen LogP contribution in [-0.4, -0.2) is 29.1 Å². The van der Waals surface area contributed by atoms with Crippen LogP contribution in [-0.2, 0) is 11.2 Å². The van der Waals surface area contributed by atoms with Crippen molar-refractivity contribution in [1.82, 2.24) is 5.32 Å². The molecule has 0 aliphatic carbocycles. The molecule has 0 heterocycles. The van der Waals surface area contributed by atoms with Crippen molar-refractivity contribution in [3.05, 3.63) is 35.9 Å². The van der Waals surface area contributed by atoms with Gasteiger partial charge in [-0.1, -0.05) is 54.2 Å². The highest BCUT2D eigenvalue weighted by molar-refractivity contribution is 6.75. The minimum Gasteiger partial charge on any atom is -0.541 e. The van der Waals surface area contributed by atoms with E-state index in [0.29, 0.717) is 12.1 Å². The fourth-order valence-electron chi connectivity index (χ4n) is 3.74. The van der Waals surface area contributed by atoms with E-state index in [2.05, 4.69) is 71.6 Å². The Morgan fingerprint density at radius 1 is 0.867 bits per heavy atom. The topological polar surface area (TPSA) is 47.6 Å². The normalized spacial score (nSPS) is 11.8. The number of carbonyl (C=O) groups excluding carboxylic acids is 1. The van der Waals surface area contributed by atoms with Gasteiger partial charge in [-0.15, -0.1) is 0 Å². The lowest BCUT2D eigenvalue weighted by Crippen LogP contribution is -2.41. The van der Waals surface area contributed by atoms with Crippen molar-refractivity contribution in [3.63, 3.8) is 0 Å². The van der Waals surface area contributed by atoms with E-state index in [4.69, 9.17) is 8.85 Å². The standard InChI is InChI=1S/C24H43NO3Si2/c1-9-29(10-2,11-3)27-22-16-15-21(17-18-25-24(26)20(7)8)19-23(22)28-30(12-4,13-5)14-6/h15-16,19H,7,9-14,17-18H2,1-6,8H3,(H,25,26).